The summed E-state index contributed by atoms with van der Waals surface area (Å²) in [4.78, 5) is 22.8. The highest BCUT2D eigenvalue weighted by Crippen LogP contribution is 2.26. The Hall–Kier alpha value is -1.91. The van der Waals surface area contributed by atoms with Crippen molar-refractivity contribution in [2.75, 3.05) is 0 Å². The molecule has 1 amide bonds. The smallest absolute Gasteiger partial charge is 0.306 e. The van der Waals surface area contributed by atoms with E-state index < -0.39 is 23.6 Å². The van der Waals surface area contributed by atoms with Gasteiger partial charge in [0.2, 0.25) is 0 Å². The van der Waals surface area contributed by atoms with E-state index in [1.54, 1.807) is 19.1 Å². The summed E-state index contributed by atoms with van der Waals surface area (Å²) in [5.41, 5.74) is 0.432. The molecule has 1 fully saturated rings. The summed E-state index contributed by atoms with van der Waals surface area (Å²) in [6.45, 7) is 1.60. The van der Waals surface area contributed by atoms with E-state index in [1.165, 1.54) is 6.07 Å². The van der Waals surface area contributed by atoms with Crippen LogP contribution < -0.4 is 5.32 Å². The van der Waals surface area contributed by atoms with Crippen LogP contribution in [0.15, 0.2) is 18.2 Å². The Morgan fingerprint density at radius 1 is 1.37 bits per heavy atom. The molecule has 0 radical (unpaired) electrons. The van der Waals surface area contributed by atoms with Gasteiger partial charge < -0.3 is 10.4 Å². The third-order valence-corrected chi connectivity index (χ3v) is 3.55. The zero-order valence-corrected chi connectivity index (χ0v) is 10.6. The van der Waals surface area contributed by atoms with E-state index in [0.29, 0.717) is 24.8 Å². The van der Waals surface area contributed by atoms with Gasteiger partial charge in [-0.3, -0.25) is 9.59 Å². The molecule has 0 spiro atoms. The highest BCUT2D eigenvalue weighted by molar-refractivity contribution is 5.94. The molecule has 1 aliphatic rings. The highest BCUT2D eigenvalue weighted by atomic mass is 19.1. The number of amides is 1. The van der Waals surface area contributed by atoms with Crippen LogP contribution in [-0.4, -0.2) is 23.0 Å². The minimum absolute atomic E-state index is 0.0128. The third kappa shape index (κ3) is 2.92. The van der Waals surface area contributed by atoms with Crippen molar-refractivity contribution >= 4 is 11.9 Å². The van der Waals surface area contributed by atoms with Crippen molar-refractivity contribution in [1.82, 2.24) is 5.32 Å². The lowest BCUT2D eigenvalue weighted by atomic mass is 10.1. The van der Waals surface area contributed by atoms with E-state index >= 15 is 0 Å². The van der Waals surface area contributed by atoms with Crippen LogP contribution in [-0.2, 0) is 4.79 Å². The molecule has 2 N–H and O–H groups in total. The number of halogens is 1. The largest absolute Gasteiger partial charge is 0.481 e. The van der Waals surface area contributed by atoms with E-state index in [2.05, 4.69) is 5.32 Å². The number of benzene rings is 1. The number of carbonyl (C=O) groups excluding carboxylic acids is 1. The monoisotopic (exact) mass is 265 g/mol. The summed E-state index contributed by atoms with van der Waals surface area (Å²) in [5, 5.41) is 11.6. The quantitative estimate of drug-likeness (QED) is 0.879. The van der Waals surface area contributed by atoms with Crippen LogP contribution >= 0.6 is 0 Å². The van der Waals surface area contributed by atoms with Crippen molar-refractivity contribution in [3.63, 3.8) is 0 Å². The fourth-order valence-electron chi connectivity index (χ4n) is 2.42. The number of carboxylic acid groups (broad SMARTS) is 1. The molecule has 1 aliphatic carbocycles. The number of carboxylic acids is 1. The summed E-state index contributed by atoms with van der Waals surface area (Å²) >= 11 is 0. The molecule has 19 heavy (non-hydrogen) atoms. The van der Waals surface area contributed by atoms with Gasteiger partial charge in [0.1, 0.15) is 5.82 Å². The van der Waals surface area contributed by atoms with E-state index in [1.807, 2.05) is 0 Å². The summed E-state index contributed by atoms with van der Waals surface area (Å²) in [5.74, 6) is -2.24. The average Bonchev–Trinajstić information content (AvgIpc) is 2.81. The minimum Gasteiger partial charge on any atom is -0.481 e. The van der Waals surface area contributed by atoms with E-state index in [-0.39, 0.29) is 11.6 Å². The van der Waals surface area contributed by atoms with Crippen LogP contribution in [0.4, 0.5) is 4.39 Å². The Balaban J connectivity index is 2.02. The molecule has 0 bridgehead atoms. The van der Waals surface area contributed by atoms with Crippen LogP contribution in [0.3, 0.4) is 0 Å². The first-order valence-corrected chi connectivity index (χ1v) is 6.28. The summed E-state index contributed by atoms with van der Waals surface area (Å²) in [6, 6.07) is 4.47. The predicted molar refractivity (Wildman–Crippen MR) is 67.4 cm³/mol. The molecule has 0 heterocycles. The summed E-state index contributed by atoms with van der Waals surface area (Å²) in [7, 11) is 0. The van der Waals surface area contributed by atoms with Crippen LogP contribution in [0.25, 0.3) is 0 Å². The van der Waals surface area contributed by atoms with Crippen molar-refractivity contribution in [2.45, 2.75) is 32.2 Å². The third-order valence-electron chi connectivity index (χ3n) is 3.55. The maximum absolute atomic E-state index is 13.8. The number of rotatable bonds is 3. The first-order chi connectivity index (χ1) is 8.99. The second kappa shape index (κ2) is 5.38. The highest BCUT2D eigenvalue weighted by Gasteiger charge is 2.31. The van der Waals surface area contributed by atoms with Gasteiger partial charge in [0.15, 0.2) is 0 Å². The Labute approximate surface area is 110 Å². The van der Waals surface area contributed by atoms with Gasteiger partial charge in [-0.2, -0.15) is 0 Å². The maximum Gasteiger partial charge on any atom is 0.306 e. The molecule has 2 atom stereocenters. The standard InChI is InChI=1S/C14H16FNO3/c1-8-3-2-4-11(12(8)15)13(17)16-10-6-5-9(7-10)14(18)19/h2-4,9-10H,5-7H2,1H3,(H,16,17)(H,18,19)/t9-,10+/m1/s1. The van der Waals surface area contributed by atoms with Gasteiger partial charge in [0.25, 0.3) is 5.91 Å². The number of carbonyl (C=O) groups is 2. The molecule has 1 aromatic carbocycles. The van der Waals surface area contributed by atoms with Crippen molar-refractivity contribution in [2.24, 2.45) is 5.92 Å². The Morgan fingerprint density at radius 2 is 2.11 bits per heavy atom. The molecule has 1 saturated carbocycles. The summed E-state index contributed by atoms with van der Waals surface area (Å²) < 4.78 is 13.8. The molecule has 1 aromatic rings. The number of hydrogen-bond donors (Lipinski definition) is 2. The second-order valence-corrected chi connectivity index (χ2v) is 4.96. The van der Waals surface area contributed by atoms with Crippen molar-refractivity contribution < 1.29 is 19.1 Å². The SMILES string of the molecule is Cc1cccc(C(=O)N[C@H]2CC[C@@H](C(=O)O)C2)c1F. The zero-order valence-electron chi connectivity index (χ0n) is 10.6. The number of nitrogens with one attached hydrogen (secondary N) is 1. The van der Waals surface area contributed by atoms with Gasteiger partial charge in [0, 0.05) is 6.04 Å². The normalized spacial score (nSPS) is 22.2. The van der Waals surface area contributed by atoms with Gasteiger partial charge >= 0.3 is 5.97 Å². The first kappa shape index (κ1) is 13.5. The lowest BCUT2D eigenvalue weighted by Gasteiger charge is -2.13. The Bertz CT molecular complexity index is 515. The molecule has 5 heteroatoms. The molecule has 4 nitrogen and oxygen atoms in total. The molecule has 0 saturated heterocycles. The first-order valence-electron chi connectivity index (χ1n) is 6.28. The summed E-state index contributed by atoms with van der Waals surface area (Å²) in [6.07, 6.45) is 1.58. The van der Waals surface area contributed by atoms with Gasteiger partial charge in [-0.05, 0) is 37.8 Å². The number of aliphatic carboxylic acids is 1. The van der Waals surface area contributed by atoms with Gasteiger partial charge in [0.05, 0.1) is 11.5 Å². The van der Waals surface area contributed by atoms with Crippen LogP contribution in [0, 0.1) is 18.7 Å². The topological polar surface area (TPSA) is 66.4 Å². The fraction of sp³-hybridized carbons (Fsp3) is 0.429. The zero-order chi connectivity index (χ0) is 14.0. The molecule has 102 valence electrons. The van der Waals surface area contributed by atoms with E-state index in [4.69, 9.17) is 5.11 Å². The van der Waals surface area contributed by atoms with Crippen molar-refractivity contribution in [3.05, 3.63) is 35.1 Å². The number of hydrogen-bond acceptors (Lipinski definition) is 2. The molecular weight excluding hydrogens is 249 g/mol. The number of aryl methyl sites for hydroxylation is 1. The molecule has 0 aliphatic heterocycles. The molecule has 0 unspecified atom stereocenters. The van der Waals surface area contributed by atoms with Crippen molar-refractivity contribution in [3.8, 4) is 0 Å². The molecule has 2 rings (SSSR count). The second-order valence-electron chi connectivity index (χ2n) is 4.96. The van der Waals surface area contributed by atoms with E-state index in [9.17, 15) is 14.0 Å². The average molecular weight is 265 g/mol. The van der Waals surface area contributed by atoms with Crippen LogP contribution in [0.5, 0.6) is 0 Å². The lowest BCUT2D eigenvalue weighted by molar-refractivity contribution is -0.141. The van der Waals surface area contributed by atoms with Gasteiger partial charge in [-0.25, -0.2) is 4.39 Å². The fourth-order valence-corrected chi connectivity index (χ4v) is 2.42. The van der Waals surface area contributed by atoms with Crippen LogP contribution in [0.2, 0.25) is 0 Å². The predicted octanol–water partition coefficient (Wildman–Crippen LogP) is 2.12. The Morgan fingerprint density at radius 3 is 2.74 bits per heavy atom. The van der Waals surface area contributed by atoms with Crippen molar-refractivity contribution in [1.29, 1.82) is 0 Å². The van der Waals surface area contributed by atoms with E-state index in [0.717, 1.165) is 0 Å². The molecule has 0 aromatic heterocycles. The lowest BCUT2D eigenvalue weighted by Crippen LogP contribution is -2.34. The minimum atomic E-state index is -0.835. The van der Waals surface area contributed by atoms with Gasteiger partial charge in [-0.1, -0.05) is 12.1 Å². The van der Waals surface area contributed by atoms with Crippen LogP contribution in [0.1, 0.15) is 35.2 Å². The Kier molecular flexibility index (Phi) is 3.83. The maximum atomic E-state index is 13.8. The van der Waals surface area contributed by atoms with Gasteiger partial charge in [-0.15, -0.1) is 0 Å². The molecular formula is C14H16FNO3.